The van der Waals surface area contributed by atoms with Gasteiger partial charge in [0.25, 0.3) is 5.91 Å². The molecule has 0 unspecified atom stereocenters. The molecule has 1 saturated carbocycles. The van der Waals surface area contributed by atoms with E-state index in [0.717, 1.165) is 23.8 Å². The molecule has 1 heterocycles. The van der Waals surface area contributed by atoms with Crippen molar-refractivity contribution in [3.05, 3.63) is 60.2 Å². The summed E-state index contributed by atoms with van der Waals surface area (Å²) in [6.07, 6.45) is 7.77. The Morgan fingerprint density at radius 2 is 1.79 bits per heavy atom. The van der Waals surface area contributed by atoms with Crippen molar-refractivity contribution < 1.29 is 14.3 Å². The van der Waals surface area contributed by atoms with Crippen LogP contribution in [0.4, 0.5) is 10.5 Å². The predicted molar refractivity (Wildman–Crippen MR) is 131 cm³/mol. The van der Waals surface area contributed by atoms with Gasteiger partial charge in [-0.1, -0.05) is 56.4 Å². The number of hydrogen-bond donors (Lipinski definition) is 1. The Bertz CT molecular complexity index is 927. The van der Waals surface area contributed by atoms with Gasteiger partial charge in [0.1, 0.15) is 5.75 Å². The van der Waals surface area contributed by atoms with Crippen molar-refractivity contribution in [1.82, 2.24) is 9.80 Å². The minimum atomic E-state index is -0.130. The van der Waals surface area contributed by atoms with Crippen LogP contribution in [0.2, 0.25) is 0 Å². The summed E-state index contributed by atoms with van der Waals surface area (Å²) in [4.78, 5) is 29.4. The van der Waals surface area contributed by atoms with Crippen molar-refractivity contribution in [2.45, 2.75) is 51.5 Å². The predicted octanol–water partition coefficient (Wildman–Crippen LogP) is 5.41. The Kier molecular flexibility index (Phi) is 7.87. The second-order valence-corrected chi connectivity index (χ2v) is 9.26. The number of amides is 3. The third-order valence-corrected chi connectivity index (χ3v) is 6.80. The summed E-state index contributed by atoms with van der Waals surface area (Å²) < 4.78 is 5.98. The molecule has 1 saturated heterocycles. The van der Waals surface area contributed by atoms with Gasteiger partial charge in [-0.3, -0.25) is 4.79 Å². The van der Waals surface area contributed by atoms with Crippen LogP contribution in [-0.2, 0) is 0 Å². The molecule has 3 amide bonds. The van der Waals surface area contributed by atoms with Gasteiger partial charge in [0.05, 0.1) is 6.61 Å². The van der Waals surface area contributed by atoms with E-state index in [9.17, 15) is 9.59 Å². The summed E-state index contributed by atoms with van der Waals surface area (Å²) in [5.74, 6) is 1.52. The fourth-order valence-corrected chi connectivity index (χ4v) is 4.88. The van der Waals surface area contributed by atoms with Gasteiger partial charge in [0.15, 0.2) is 0 Å². The fraction of sp³-hybridized carbons (Fsp3) is 0.481. The minimum absolute atomic E-state index is 0.0114. The van der Waals surface area contributed by atoms with Gasteiger partial charge in [-0.15, -0.1) is 0 Å². The van der Waals surface area contributed by atoms with Crippen LogP contribution in [0.1, 0.15) is 55.8 Å². The van der Waals surface area contributed by atoms with E-state index in [-0.39, 0.29) is 18.0 Å². The van der Waals surface area contributed by atoms with Crippen LogP contribution in [0, 0.1) is 5.92 Å². The Hall–Kier alpha value is -3.02. The van der Waals surface area contributed by atoms with Gasteiger partial charge in [-0.05, 0) is 49.6 Å². The average Bonchev–Trinajstić information content (AvgIpc) is 2.85. The third-order valence-electron chi connectivity index (χ3n) is 6.80. The number of nitrogens with one attached hydrogen (secondary N) is 1. The lowest BCUT2D eigenvalue weighted by Gasteiger charge is -2.39. The molecule has 33 heavy (non-hydrogen) atoms. The molecular weight excluding hydrogens is 414 g/mol. The first-order valence-electron chi connectivity index (χ1n) is 12.2. The molecule has 2 fully saturated rings. The van der Waals surface area contributed by atoms with Gasteiger partial charge >= 0.3 is 6.03 Å². The van der Waals surface area contributed by atoms with E-state index in [2.05, 4.69) is 5.32 Å². The number of hydrogen-bond acceptors (Lipinski definition) is 3. The standard InChI is InChI=1S/C27H35N3O3/c1-21-20-29(16-17-30(21)27(32)28-24-12-6-3-7-13-24)26(31)23-11-8-14-25(19-23)33-18-15-22-9-4-2-5-10-22/h3,6-8,11-14,19,21-22H,2,4-5,9-10,15-18,20H2,1H3,(H,28,32)/t21-/m0/s1. The van der Waals surface area contributed by atoms with Crippen molar-refractivity contribution in [2.24, 2.45) is 5.92 Å². The summed E-state index contributed by atoms with van der Waals surface area (Å²) in [5, 5.41) is 2.94. The van der Waals surface area contributed by atoms with E-state index in [1.54, 1.807) is 4.90 Å². The summed E-state index contributed by atoms with van der Waals surface area (Å²) in [6, 6.07) is 16.7. The van der Waals surface area contributed by atoms with Crippen molar-refractivity contribution in [1.29, 1.82) is 0 Å². The highest BCUT2D eigenvalue weighted by molar-refractivity contribution is 5.95. The Morgan fingerprint density at radius 1 is 1.00 bits per heavy atom. The van der Waals surface area contributed by atoms with Crippen molar-refractivity contribution in [2.75, 3.05) is 31.6 Å². The van der Waals surface area contributed by atoms with Gasteiger partial charge < -0.3 is 19.9 Å². The van der Waals surface area contributed by atoms with Crippen LogP contribution in [0.25, 0.3) is 0 Å². The molecular formula is C27H35N3O3. The van der Waals surface area contributed by atoms with E-state index in [1.807, 2.05) is 66.4 Å². The first-order chi connectivity index (χ1) is 16.1. The van der Waals surface area contributed by atoms with E-state index < -0.39 is 0 Å². The molecule has 6 nitrogen and oxygen atoms in total. The molecule has 0 bridgehead atoms. The van der Waals surface area contributed by atoms with Crippen LogP contribution in [0.3, 0.4) is 0 Å². The maximum Gasteiger partial charge on any atom is 0.322 e. The zero-order valence-electron chi connectivity index (χ0n) is 19.5. The van der Waals surface area contributed by atoms with Crippen LogP contribution in [0.5, 0.6) is 5.75 Å². The lowest BCUT2D eigenvalue weighted by atomic mass is 9.87. The SMILES string of the molecule is C[C@H]1CN(C(=O)c2cccc(OCCC3CCCCC3)c2)CCN1C(=O)Nc1ccccc1. The van der Waals surface area contributed by atoms with E-state index in [0.29, 0.717) is 31.8 Å². The highest BCUT2D eigenvalue weighted by atomic mass is 16.5. The largest absolute Gasteiger partial charge is 0.494 e. The average molecular weight is 450 g/mol. The van der Waals surface area contributed by atoms with Crippen LogP contribution in [-0.4, -0.2) is 54.0 Å². The maximum absolute atomic E-state index is 13.1. The molecule has 0 spiro atoms. The Balaban J connectivity index is 1.28. The number of carbonyl (C=O) groups excluding carboxylic acids is 2. The normalized spacial score (nSPS) is 19.2. The molecule has 1 aliphatic heterocycles. The number of benzene rings is 2. The molecule has 2 aromatic rings. The number of piperazine rings is 1. The number of nitrogens with zero attached hydrogens (tertiary/aromatic N) is 2. The molecule has 2 aromatic carbocycles. The summed E-state index contributed by atoms with van der Waals surface area (Å²) >= 11 is 0. The minimum Gasteiger partial charge on any atom is -0.494 e. The van der Waals surface area contributed by atoms with Crippen LogP contribution in [0.15, 0.2) is 54.6 Å². The highest BCUT2D eigenvalue weighted by Crippen LogP contribution is 2.26. The lowest BCUT2D eigenvalue weighted by molar-refractivity contribution is 0.0592. The molecule has 1 atom stereocenters. The van der Waals surface area contributed by atoms with Crippen molar-refractivity contribution in [3.63, 3.8) is 0 Å². The topological polar surface area (TPSA) is 61.9 Å². The second kappa shape index (κ2) is 11.2. The first kappa shape index (κ1) is 23.1. The smallest absolute Gasteiger partial charge is 0.322 e. The van der Waals surface area contributed by atoms with Gasteiger partial charge in [0, 0.05) is 36.9 Å². The molecule has 4 rings (SSSR count). The van der Waals surface area contributed by atoms with Gasteiger partial charge in [-0.25, -0.2) is 4.79 Å². The molecule has 0 radical (unpaired) electrons. The molecule has 0 aromatic heterocycles. The van der Waals surface area contributed by atoms with E-state index in [4.69, 9.17) is 4.74 Å². The fourth-order valence-electron chi connectivity index (χ4n) is 4.88. The van der Waals surface area contributed by atoms with Crippen molar-refractivity contribution >= 4 is 17.6 Å². The quantitative estimate of drug-likeness (QED) is 0.641. The molecule has 2 aliphatic rings. The number of urea groups is 1. The highest BCUT2D eigenvalue weighted by Gasteiger charge is 2.30. The van der Waals surface area contributed by atoms with E-state index in [1.165, 1.54) is 32.1 Å². The van der Waals surface area contributed by atoms with E-state index >= 15 is 0 Å². The number of rotatable bonds is 6. The third kappa shape index (κ3) is 6.28. The van der Waals surface area contributed by atoms with Crippen molar-refractivity contribution in [3.8, 4) is 5.75 Å². The maximum atomic E-state index is 13.1. The first-order valence-corrected chi connectivity index (χ1v) is 12.2. The summed E-state index contributed by atoms with van der Waals surface area (Å²) in [7, 11) is 0. The number of carbonyl (C=O) groups is 2. The summed E-state index contributed by atoms with van der Waals surface area (Å²) in [5.41, 5.74) is 1.41. The zero-order valence-corrected chi connectivity index (χ0v) is 19.5. The van der Waals surface area contributed by atoms with Crippen LogP contribution < -0.4 is 10.1 Å². The second-order valence-electron chi connectivity index (χ2n) is 9.26. The zero-order chi connectivity index (χ0) is 23.0. The molecule has 6 heteroatoms. The Morgan fingerprint density at radius 3 is 2.55 bits per heavy atom. The number of ether oxygens (including phenoxy) is 1. The molecule has 176 valence electrons. The number of para-hydroxylation sites is 1. The lowest BCUT2D eigenvalue weighted by Crippen LogP contribution is -2.56. The summed E-state index contributed by atoms with van der Waals surface area (Å²) in [6.45, 7) is 4.21. The van der Waals surface area contributed by atoms with Crippen LogP contribution >= 0.6 is 0 Å². The monoisotopic (exact) mass is 449 g/mol. The van der Waals surface area contributed by atoms with Gasteiger partial charge in [-0.2, -0.15) is 0 Å². The molecule has 1 aliphatic carbocycles. The number of anilines is 1. The molecule has 1 N–H and O–H groups in total. The Labute approximate surface area is 196 Å². The van der Waals surface area contributed by atoms with Gasteiger partial charge in [0.2, 0.25) is 0 Å².